The van der Waals surface area contributed by atoms with Gasteiger partial charge in [0.05, 0.1) is 0 Å². The van der Waals surface area contributed by atoms with E-state index < -0.39 is 0 Å². The topological polar surface area (TPSA) is 42.8 Å². The highest BCUT2D eigenvalue weighted by Gasteiger charge is 2.03. The summed E-state index contributed by atoms with van der Waals surface area (Å²) in [6, 6.07) is 0. The first kappa shape index (κ1) is 8.61. The van der Waals surface area contributed by atoms with Crippen LogP contribution >= 0.6 is 24.0 Å². The molecule has 0 aliphatic carbocycles. The van der Waals surface area contributed by atoms with Crippen molar-refractivity contribution in [2.75, 3.05) is 12.9 Å². The molecule has 6 heteroatoms. The number of nitrogens with zero attached hydrogens (tertiary/aromatic N) is 2. The molecule has 1 aromatic rings. The standard InChI is InChI=1S/C5H9N3OS2/c1-3-11-5-7-6-4(10)8(5)9-2/h3H2,1-2H3,(H,6,10). The van der Waals surface area contributed by atoms with Crippen LogP contribution in [0.2, 0.25) is 0 Å². The van der Waals surface area contributed by atoms with Crippen LogP contribution in [-0.2, 0) is 0 Å². The average molecular weight is 191 g/mol. The number of hydrogen-bond donors (Lipinski definition) is 1. The molecule has 0 amide bonds. The fourth-order valence-corrected chi connectivity index (χ4v) is 1.57. The molecule has 0 spiro atoms. The van der Waals surface area contributed by atoms with Gasteiger partial charge in [-0.15, -0.1) is 9.83 Å². The summed E-state index contributed by atoms with van der Waals surface area (Å²) in [7, 11) is 1.56. The van der Waals surface area contributed by atoms with E-state index in [1.807, 2.05) is 6.92 Å². The molecular formula is C5H9N3OS2. The molecule has 0 radical (unpaired) electrons. The Balaban J connectivity index is 2.96. The first-order chi connectivity index (χ1) is 5.29. The fraction of sp³-hybridized carbons (Fsp3) is 0.600. The van der Waals surface area contributed by atoms with Gasteiger partial charge in [-0.1, -0.05) is 18.7 Å². The van der Waals surface area contributed by atoms with E-state index in [0.717, 1.165) is 10.9 Å². The van der Waals surface area contributed by atoms with Crippen LogP contribution in [0, 0.1) is 4.77 Å². The summed E-state index contributed by atoms with van der Waals surface area (Å²) in [4.78, 5) is 4.97. The lowest BCUT2D eigenvalue weighted by atomic mass is 11.0. The normalized spacial score (nSPS) is 10.0. The van der Waals surface area contributed by atoms with Gasteiger partial charge < -0.3 is 4.84 Å². The quantitative estimate of drug-likeness (QED) is 0.574. The zero-order valence-electron chi connectivity index (χ0n) is 6.33. The largest absolute Gasteiger partial charge is 0.412 e. The van der Waals surface area contributed by atoms with Gasteiger partial charge >= 0.3 is 0 Å². The molecule has 0 aliphatic heterocycles. The van der Waals surface area contributed by atoms with Crippen LogP contribution in [0.3, 0.4) is 0 Å². The van der Waals surface area contributed by atoms with Gasteiger partial charge in [0.1, 0.15) is 7.11 Å². The van der Waals surface area contributed by atoms with Crippen molar-refractivity contribution < 1.29 is 4.84 Å². The summed E-state index contributed by atoms with van der Waals surface area (Å²) in [5, 5.41) is 7.37. The van der Waals surface area contributed by atoms with Crippen LogP contribution < -0.4 is 4.84 Å². The molecular weight excluding hydrogens is 182 g/mol. The Kier molecular flexibility index (Phi) is 2.95. The number of hydrogen-bond acceptors (Lipinski definition) is 4. The van der Waals surface area contributed by atoms with Gasteiger partial charge in [-0.2, -0.15) is 0 Å². The minimum atomic E-state index is 0.489. The van der Waals surface area contributed by atoms with Gasteiger partial charge in [-0.05, 0) is 18.0 Å². The molecule has 0 bridgehead atoms. The van der Waals surface area contributed by atoms with E-state index >= 15 is 0 Å². The highest BCUT2D eigenvalue weighted by Crippen LogP contribution is 2.12. The predicted molar refractivity (Wildman–Crippen MR) is 46.3 cm³/mol. The van der Waals surface area contributed by atoms with Crippen LogP contribution in [0.1, 0.15) is 6.92 Å². The lowest BCUT2D eigenvalue weighted by Gasteiger charge is -2.00. The number of H-pyrrole nitrogens is 1. The Bertz CT molecular complexity index is 280. The van der Waals surface area contributed by atoms with E-state index in [2.05, 4.69) is 10.2 Å². The second-order valence-electron chi connectivity index (χ2n) is 1.72. The minimum absolute atomic E-state index is 0.489. The van der Waals surface area contributed by atoms with Gasteiger partial charge in [0, 0.05) is 0 Å². The summed E-state index contributed by atoms with van der Waals surface area (Å²) in [6.45, 7) is 2.04. The Hall–Kier alpha value is -0.490. The molecule has 0 saturated carbocycles. The molecule has 0 atom stereocenters. The Labute approximate surface area is 73.9 Å². The summed E-state index contributed by atoms with van der Waals surface area (Å²) >= 11 is 6.47. The summed E-state index contributed by atoms with van der Waals surface area (Å²) in [5.74, 6) is 0.947. The summed E-state index contributed by atoms with van der Waals surface area (Å²) in [6.07, 6.45) is 0. The molecule has 0 unspecified atom stereocenters. The number of rotatable bonds is 3. The smallest absolute Gasteiger partial charge is 0.231 e. The molecule has 62 valence electrons. The van der Waals surface area contributed by atoms with Crippen LogP contribution in [0.5, 0.6) is 0 Å². The van der Waals surface area contributed by atoms with Crippen molar-refractivity contribution >= 4 is 24.0 Å². The van der Waals surface area contributed by atoms with Crippen molar-refractivity contribution in [3.63, 3.8) is 0 Å². The fourth-order valence-electron chi connectivity index (χ4n) is 0.654. The van der Waals surface area contributed by atoms with E-state index in [4.69, 9.17) is 17.1 Å². The zero-order chi connectivity index (χ0) is 8.27. The van der Waals surface area contributed by atoms with Crippen molar-refractivity contribution in [3.05, 3.63) is 4.77 Å². The third-order valence-electron chi connectivity index (χ3n) is 1.06. The molecule has 0 saturated heterocycles. The van der Waals surface area contributed by atoms with E-state index in [1.165, 1.54) is 4.73 Å². The maximum atomic E-state index is 4.97. The zero-order valence-corrected chi connectivity index (χ0v) is 7.96. The van der Waals surface area contributed by atoms with E-state index in [-0.39, 0.29) is 0 Å². The van der Waals surface area contributed by atoms with Gasteiger partial charge in [0.25, 0.3) is 0 Å². The molecule has 11 heavy (non-hydrogen) atoms. The van der Waals surface area contributed by atoms with Crippen LogP contribution in [0.4, 0.5) is 0 Å². The maximum absolute atomic E-state index is 4.97. The minimum Gasteiger partial charge on any atom is -0.412 e. The summed E-state index contributed by atoms with van der Waals surface area (Å²) in [5.41, 5.74) is 0. The number of nitrogens with one attached hydrogen (secondary N) is 1. The molecule has 0 fully saturated rings. The molecule has 1 aromatic heterocycles. The van der Waals surface area contributed by atoms with E-state index in [9.17, 15) is 0 Å². The lowest BCUT2D eigenvalue weighted by Crippen LogP contribution is -2.06. The average Bonchev–Trinajstić information content (AvgIpc) is 2.33. The lowest BCUT2D eigenvalue weighted by molar-refractivity contribution is 0.140. The molecule has 4 nitrogen and oxygen atoms in total. The van der Waals surface area contributed by atoms with Crippen molar-refractivity contribution in [1.82, 2.24) is 14.9 Å². The highest BCUT2D eigenvalue weighted by atomic mass is 32.2. The SMILES string of the molecule is CCSc1n[nH]c(=S)n1OC. The number of thioether (sulfide) groups is 1. The second-order valence-corrected chi connectivity index (χ2v) is 3.34. The van der Waals surface area contributed by atoms with Crippen LogP contribution in [-0.4, -0.2) is 27.8 Å². The molecule has 0 aromatic carbocycles. The van der Waals surface area contributed by atoms with Crippen molar-refractivity contribution in [1.29, 1.82) is 0 Å². The summed E-state index contributed by atoms with van der Waals surface area (Å²) < 4.78 is 1.98. The third-order valence-corrected chi connectivity index (χ3v) is 2.12. The van der Waals surface area contributed by atoms with Gasteiger partial charge in [0.15, 0.2) is 0 Å². The Morgan fingerprint density at radius 1 is 1.82 bits per heavy atom. The molecule has 1 heterocycles. The molecule has 0 aliphatic rings. The Morgan fingerprint density at radius 2 is 2.55 bits per heavy atom. The first-order valence-electron chi connectivity index (χ1n) is 3.14. The van der Waals surface area contributed by atoms with E-state index in [1.54, 1.807) is 18.9 Å². The van der Waals surface area contributed by atoms with Gasteiger partial charge in [-0.3, -0.25) is 0 Å². The van der Waals surface area contributed by atoms with Crippen LogP contribution in [0.15, 0.2) is 5.16 Å². The second kappa shape index (κ2) is 3.77. The van der Waals surface area contributed by atoms with E-state index in [0.29, 0.717) is 4.77 Å². The van der Waals surface area contributed by atoms with Gasteiger partial charge in [0.2, 0.25) is 9.93 Å². The maximum Gasteiger partial charge on any atom is 0.231 e. The Morgan fingerprint density at radius 3 is 3.09 bits per heavy atom. The van der Waals surface area contributed by atoms with Crippen LogP contribution in [0.25, 0.3) is 0 Å². The van der Waals surface area contributed by atoms with Crippen molar-refractivity contribution in [2.45, 2.75) is 12.1 Å². The monoisotopic (exact) mass is 191 g/mol. The number of aromatic nitrogens is 3. The number of aromatic amines is 1. The predicted octanol–water partition coefficient (Wildman–Crippen LogP) is 1.11. The highest BCUT2D eigenvalue weighted by molar-refractivity contribution is 7.99. The molecule has 1 N–H and O–H groups in total. The van der Waals surface area contributed by atoms with Crippen molar-refractivity contribution in [3.8, 4) is 0 Å². The third kappa shape index (κ3) is 1.75. The molecule has 1 rings (SSSR count). The van der Waals surface area contributed by atoms with Crippen molar-refractivity contribution in [2.24, 2.45) is 0 Å². The van der Waals surface area contributed by atoms with Gasteiger partial charge in [-0.25, -0.2) is 5.10 Å². The first-order valence-corrected chi connectivity index (χ1v) is 4.53.